The van der Waals surface area contributed by atoms with E-state index in [1.807, 2.05) is 0 Å². The van der Waals surface area contributed by atoms with Crippen LogP contribution >= 0.6 is 0 Å². The molecule has 0 spiro atoms. The minimum atomic E-state index is -1.79. The van der Waals surface area contributed by atoms with Crippen molar-refractivity contribution in [1.29, 1.82) is 0 Å². The van der Waals surface area contributed by atoms with Crippen molar-refractivity contribution in [2.45, 2.75) is 24.2 Å². The molecule has 2 aromatic carbocycles. The van der Waals surface area contributed by atoms with Gasteiger partial charge in [0.1, 0.15) is 0 Å². The van der Waals surface area contributed by atoms with E-state index in [-0.39, 0.29) is 0 Å². The summed E-state index contributed by atoms with van der Waals surface area (Å²) in [7, 11) is 0. The second kappa shape index (κ2) is 6.33. The van der Waals surface area contributed by atoms with Crippen LogP contribution in [0, 0.1) is 6.92 Å². The van der Waals surface area contributed by atoms with Gasteiger partial charge < -0.3 is 0 Å². The minimum absolute atomic E-state index is 1.05. The fourth-order valence-corrected chi connectivity index (χ4v) is 4.89. The zero-order chi connectivity index (χ0) is 16.4. The van der Waals surface area contributed by atoms with Gasteiger partial charge in [0.2, 0.25) is 0 Å². The number of hydrogen-bond acceptors (Lipinski definition) is 1. The van der Waals surface area contributed by atoms with Crippen LogP contribution in [0.4, 0.5) is 0 Å². The predicted molar refractivity (Wildman–Crippen MR) is 103 cm³/mol. The standard InChI is InChI=1S/C21H23GeN/c1-16-10-11-18(14-20(16)17-8-6-5-7-9-17)21-13-12-19(15-23-21)22(2,3)4/h5-15H,1-4H3. The van der Waals surface area contributed by atoms with Gasteiger partial charge in [0.15, 0.2) is 0 Å². The quantitative estimate of drug-likeness (QED) is 0.579. The molecule has 0 aliphatic rings. The first-order valence-electron chi connectivity index (χ1n) is 8.08. The van der Waals surface area contributed by atoms with Crippen molar-refractivity contribution in [1.82, 2.24) is 4.98 Å². The van der Waals surface area contributed by atoms with E-state index in [9.17, 15) is 0 Å². The maximum absolute atomic E-state index is 4.73. The van der Waals surface area contributed by atoms with Crippen molar-refractivity contribution >= 4 is 17.7 Å². The van der Waals surface area contributed by atoms with Crippen LogP contribution in [0.2, 0.25) is 17.3 Å². The Morgan fingerprint density at radius 1 is 0.783 bits per heavy atom. The molecule has 3 aromatic rings. The molecule has 1 nitrogen and oxygen atoms in total. The summed E-state index contributed by atoms with van der Waals surface area (Å²) in [5.74, 6) is 7.20. The van der Waals surface area contributed by atoms with Crippen LogP contribution in [0.1, 0.15) is 5.56 Å². The Morgan fingerprint density at radius 3 is 2.13 bits per heavy atom. The number of aromatic nitrogens is 1. The Labute approximate surface area is 141 Å². The third-order valence-electron chi connectivity index (χ3n) is 4.25. The summed E-state index contributed by atoms with van der Waals surface area (Å²) >= 11 is -1.79. The second-order valence-corrected chi connectivity index (χ2v) is 17.7. The molecule has 0 atom stereocenters. The molecule has 0 unspecified atom stereocenters. The van der Waals surface area contributed by atoms with Gasteiger partial charge in [-0.15, -0.1) is 0 Å². The van der Waals surface area contributed by atoms with Gasteiger partial charge in [0, 0.05) is 0 Å². The summed E-state index contributed by atoms with van der Waals surface area (Å²) in [5.41, 5.74) is 6.07. The molecular weight excluding hydrogens is 339 g/mol. The molecule has 0 saturated heterocycles. The first kappa shape index (κ1) is 16.0. The van der Waals surface area contributed by atoms with Crippen LogP contribution in [0.25, 0.3) is 22.4 Å². The summed E-state index contributed by atoms with van der Waals surface area (Å²) < 4.78 is 1.45. The molecule has 0 bridgehead atoms. The SMILES string of the molecule is Cc1ccc(-c2cc[c]([Ge]([CH3])([CH3])[CH3])cn2)cc1-c1ccccc1. The Balaban J connectivity index is 2.01. The van der Waals surface area contributed by atoms with E-state index in [0.29, 0.717) is 0 Å². The summed E-state index contributed by atoms with van der Waals surface area (Å²) in [6.45, 7) is 2.16. The van der Waals surface area contributed by atoms with Crippen molar-refractivity contribution in [2.75, 3.05) is 0 Å². The Bertz CT molecular complexity index is 799. The molecule has 2 heteroatoms. The number of hydrogen-bond donors (Lipinski definition) is 0. The predicted octanol–water partition coefficient (Wildman–Crippen LogP) is 5.27. The van der Waals surface area contributed by atoms with E-state index in [1.54, 1.807) is 0 Å². The van der Waals surface area contributed by atoms with Crippen molar-refractivity contribution in [3.8, 4) is 22.4 Å². The first-order valence-corrected chi connectivity index (χ1v) is 15.4. The monoisotopic (exact) mass is 363 g/mol. The van der Waals surface area contributed by atoms with Gasteiger partial charge >= 0.3 is 142 Å². The van der Waals surface area contributed by atoms with E-state index < -0.39 is 13.3 Å². The van der Waals surface area contributed by atoms with Crippen molar-refractivity contribution in [3.63, 3.8) is 0 Å². The van der Waals surface area contributed by atoms with Crippen molar-refractivity contribution in [3.05, 3.63) is 72.4 Å². The van der Waals surface area contributed by atoms with Crippen LogP contribution in [-0.2, 0) is 0 Å². The van der Waals surface area contributed by atoms with Crippen molar-refractivity contribution in [2.24, 2.45) is 0 Å². The van der Waals surface area contributed by atoms with E-state index in [4.69, 9.17) is 4.98 Å². The average Bonchev–Trinajstić information content (AvgIpc) is 2.55. The van der Waals surface area contributed by atoms with E-state index >= 15 is 0 Å². The topological polar surface area (TPSA) is 12.9 Å². The van der Waals surface area contributed by atoms with E-state index in [2.05, 4.69) is 91.1 Å². The third-order valence-corrected chi connectivity index (χ3v) is 8.50. The number of nitrogens with zero attached hydrogens (tertiary/aromatic N) is 1. The Hall–Kier alpha value is -1.87. The van der Waals surface area contributed by atoms with Crippen molar-refractivity contribution < 1.29 is 0 Å². The summed E-state index contributed by atoms with van der Waals surface area (Å²) in [4.78, 5) is 4.73. The Kier molecular flexibility index (Phi) is 4.40. The van der Waals surface area contributed by atoms with Crippen LogP contribution in [0.3, 0.4) is 0 Å². The fraction of sp³-hybridized carbons (Fsp3) is 0.190. The van der Waals surface area contributed by atoms with Crippen LogP contribution in [0.15, 0.2) is 66.9 Å². The van der Waals surface area contributed by atoms with Crippen LogP contribution in [0.5, 0.6) is 0 Å². The normalized spacial score (nSPS) is 11.5. The molecular formula is C21H23GeN. The molecule has 0 aliphatic heterocycles. The molecule has 1 aromatic heterocycles. The molecule has 23 heavy (non-hydrogen) atoms. The van der Waals surface area contributed by atoms with Gasteiger partial charge in [-0.1, -0.05) is 0 Å². The summed E-state index contributed by atoms with van der Waals surface area (Å²) in [5, 5.41) is 0. The number of pyridine rings is 1. The molecule has 0 radical (unpaired) electrons. The van der Waals surface area contributed by atoms with Gasteiger partial charge in [-0.25, -0.2) is 0 Å². The van der Waals surface area contributed by atoms with Gasteiger partial charge in [0.25, 0.3) is 0 Å². The van der Waals surface area contributed by atoms with Crippen LogP contribution < -0.4 is 4.40 Å². The second-order valence-electron chi connectivity index (χ2n) is 7.08. The first-order chi connectivity index (χ1) is 10.9. The molecule has 0 amide bonds. The number of aryl methyl sites for hydroxylation is 1. The zero-order valence-electron chi connectivity index (χ0n) is 14.3. The number of benzene rings is 2. The van der Waals surface area contributed by atoms with Gasteiger partial charge in [-0.2, -0.15) is 0 Å². The van der Waals surface area contributed by atoms with E-state index in [1.165, 1.54) is 26.6 Å². The molecule has 0 aliphatic carbocycles. The maximum atomic E-state index is 4.73. The Morgan fingerprint density at radius 2 is 1.52 bits per heavy atom. The molecule has 1 heterocycles. The molecule has 116 valence electrons. The third kappa shape index (κ3) is 3.56. The zero-order valence-corrected chi connectivity index (χ0v) is 16.4. The van der Waals surface area contributed by atoms with Gasteiger partial charge in [-0.05, 0) is 0 Å². The molecule has 0 fully saturated rings. The van der Waals surface area contributed by atoms with Gasteiger partial charge in [-0.3, -0.25) is 0 Å². The van der Waals surface area contributed by atoms with Gasteiger partial charge in [0.05, 0.1) is 0 Å². The van der Waals surface area contributed by atoms with Crippen LogP contribution in [-0.4, -0.2) is 18.3 Å². The summed E-state index contributed by atoms with van der Waals surface area (Å²) in [6, 6.07) is 21.6. The molecule has 3 rings (SSSR count). The summed E-state index contributed by atoms with van der Waals surface area (Å²) in [6.07, 6.45) is 2.08. The molecule has 0 N–H and O–H groups in total. The number of rotatable bonds is 3. The molecule has 0 saturated carbocycles. The average molecular weight is 362 g/mol. The van der Waals surface area contributed by atoms with E-state index in [0.717, 1.165) is 5.69 Å². The fourth-order valence-electron chi connectivity index (χ4n) is 2.72.